The van der Waals surface area contributed by atoms with Crippen LogP contribution in [0.3, 0.4) is 0 Å². The predicted molar refractivity (Wildman–Crippen MR) is 281 cm³/mol. The molecule has 0 aromatic heterocycles. The maximum atomic E-state index is 13.1. The van der Waals surface area contributed by atoms with Gasteiger partial charge >= 0.3 is 19.8 Å². The van der Waals surface area contributed by atoms with Crippen LogP contribution in [0.2, 0.25) is 0 Å². The third kappa shape index (κ3) is 28.1. The van der Waals surface area contributed by atoms with Gasteiger partial charge in [0, 0.05) is 12.8 Å². The van der Waals surface area contributed by atoms with Crippen molar-refractivity contribution in [1.29, 1.82) is 0 Å². The minimum atomic E-state index is -5.50. The minimum absolute atomic E-state index is 0.0527. The minimum Gasteiger partial charge on any atom is -0.462 e. The van der Waals surface area contributed by atoms with Crippen molar-refractivity contribution in [2.45, 2.75) is 298 Å². The van der Waals surface area contributed by atoms with E-state index in [1.165, 1.54) is 103 Å². The van der Waals surface area contributed by atoms with Crippen LogP contribution in [0.15, 0.2) is 0 Å². The molecule has 3 rings (SSSR count). The smallest absolute Gasteiger partial charge is 0.462 e. The first-order valence-corrected chi connectivity index (χ1v) is 30.4. The zero-order valence-electron chi connectivity index (χ0n) is 46.2. The maximum Gasteiger partial charge on any atom is 0.470 e. The van der Waals surface area contributed by atoms with E-state index in [1.807, 2.05) is 0 Å². The summed E-state index contributed by atoms with van der Waals surface area (Å²) in [5.74, 6) is -1.16. The first-order chi connectivity index (χ1) is 37.2. The van der Waals surface area contributed by atoms with Gasteiger partial charge in [-0.2, -0.15) is 0 Å². The van der Waals surface area contributed by atoms with Crippen LogP contribution in [0.25, 0.3) is 0 Å². The summed E-state index contributed by atoms with van der Waals surface area (Å²) in [6.07, 6.45) is -0.406. The lowest BCUT2D eigenvalue weighted by atomic mass is 9.84. The topological polar surface area (TPSA) is 399 Å². The molecule has 0 spiro atoms. The number of hydrogen-bond donors (Lipinski definition) is 14. The summed E-state index contributed by atoms with van der Waals surface area (Å²) >= 11 is 0. The zero-order chi connectivity index (χ0) is 58.0. The number of unbranched alkanes of at least 4 members (excludes halogenated alkanes) is 24. The fourth-order valence-electron chi connectivity index (χ4n) is 9.62. The average Bonchev–Trinajstić information content (AvgIpc) is 3.48. The number of phosphoric acid groups is 1. The van der Waals surface area contributed by atoms with Crippen molar-refractivity contribution in [2.24, 2.45) is 0 Å². The van der Waals surface area contributed by atoms with Crippen molar-refractivity contribution in [3.8, 4) is 0 Å². The van der Waals surface area contributed by atoms with E-state index in [4.69, 9.17) is 53.7 Å². The van der Waals surface area contributed by atoms with Gasteiger partial charge in [-0.1, -0.05) is 168 Å². The van der Waals surface area contributed by atoms with Crippen molar-refractivity contribution in [1.82, 2.24) is 0 Å². The lowest BCUT2D eigenvalue weighted by molar-refractivity contribution is -0.340. The van der Waals surface area contributed by atoms with Gasteiger partial charge in [0.2, 0.25) is 0 Å². The molecule has 0 aromatic carbocycles. The second kappa shape index (κ2) is 41.4. The van der Waals surface area contributed by atoms with Gasteiger partial charge in [-0.3, -0.25) is 14.1 Å². The van der Waals surface area contributed by atoms with Crippen LogP contribution in [0.1, 0.15) is 194 Å². The van der Waals surface area contributed by atoms with Gasteiger partial charge in [-0.15, -0.1) is 0 Å². The lowest BCUT2D eigenvalue weighted by Crippen LogP contribution is -2.68. The summed E-state index contributed by atoms with van der Waals surface area (Å²) < 4.78 is 49.6. The van der Waals surface area contributed by atoms with E-state index >= 15 is 0 Å². The number of aliphatic hydroxyl groups is 12. The number of hydrogen-bond acceptors (Lipinski definition) is 22. The molecule has 0 bridgehead atoms. The van der Waals surface area contributed by atoms with Crippen molar-refractivity contribution >= 4 is 19.8 Å². The summed E-state index contributed by atoms with van der Waals surface area (Å²) in [6, 6.07) is 0. The summed E-state index contributed by atoms with van der Waals surface area (Å²) in [4.78, 5) is 45.6. The molecule has 14 N–H and O–H groups in total. The fraction of sp³-hybridized carbons (Fsp3) is 0.962. The third-order valence-electron chi connectivity index (χ3n) is 14.5. The largest absolute Gasteiger partial charge is 0.470 e. The van der Waals surface area contributed by atoms with Gasteiger partial charge in [-0.05, 0) is 12.8 Å². The number of phosphoric ester groups is 1. The summed E-state index contributed by atoms with van der Waals surface area (Å²) in [6.45, 7) is 1.94. The molecule has 462 valence electrons. The Morgan fingerprint density at radius 1 is 0.449 bits per heavy atom. The Labute approximate surface area is 460 Å². The van der Waals surface area contributed by atoms with E-state index in [2.05, 4.69) is 18.6 Å². The van der Waals surface area contributed by atoms with Crippen LogP contribution in [-0.4, -0.2) is 214 Å². The Morgan fingerprint density at radius 3 is 1.27 bits per heavy atom. The van der Waals surface area contributed by atoms with Gasteiger partial charge in [0.25, 0.3) is 0 Å². The van der Waals surface area contributed by atoms with Crippen LogP contribution >= 0.6 is 7.82 Å². The molecule has 25 heteroatoms. The standard InChI is InChI=1S/C47H89O18P.C6H12O6/c1-3-5-7-9-11-13-15-17-19-21-23-25-27-29-36(49)60-32-34(62-37(50)30-28-26-24-22-20-18-16-14-12-10-8-6-4-2)33-61-44-41(54)40(53)42(55)45(46(44)65-66(57,58)59)64-47-43(56)39(52)38(51)35(31-48)63-47;7-1-2-3(8)4(9)5(10)6(11)12-2/h34-35,38-48,51-56H,3-33H2,1-2H3,(H2,57,58,59);2-11H,1H2/t34-,35+,38+,39-,40?,41-,42+,43-,44+,45+,46?,47+;2-,3-,4+,5+,6+/m01/s1. The predicted octanol–water partition coefficient (Wildman–Crippen LogP) is 2.33. The first-order valence-electron chi connectivity index (χ1n) is 28.9. The monoisotopic (exact) mass is 1150 g/mol. The number of carbonyl (C=O) groups excluding carboxylic acids is 2. The molecule has 2 aliphatic heterocycles. The zero-order valence-corrected chi connectivity index (χ0v) is 47.1. The Morgan fingerprint density at radius 2 is 0.833 bits per heavy atom. The molecule has 1 aliphatic carbocycles. The van der Waals surface area contributed by atoms with Crippen LogP contribution in [0.5, 0.6) is 0 Å². The normalized spacial score (nSPS) is 30.8. The van der Waals surface area contributed by atoms with Crippen LogP contribution < -0.4 is 0 Å². The number of aliphatic hydroxyl groups excluding tert-OH is 12. The summed E-state index contributed by atoms with van der Waals surface area (Å²) in [5.41, 5.74) is 0. The summed E-state index contributed by atoms with van der Waals surface area (Å²) in [5, 5.41) is 118. The quantitative estimate of drug-likeness (QED) is 0.0238. The Bertz CT molecular complexity index is 1570. The van der Waals surface area contributed by atoms with Crippen LogP contribution in [-0.2, 0) is 47.1 Å². The van der Waals surface area contributed by atoms with Crippen molar-refractivity contribution in [2.75, 3.05) is 26.4 Å². The highest BCUT2D eigenvalue weighted by Gasteiger charge is 2.56. The number of esters is 2. The highest BCUT2D eigenvalue weighted by molar-refractivity contribution is 7.46. The molecular weight excluding hydrogens is 1050 g/mol. The Kier molecular flexibility index (Phi) is 38.5. The molecule has 78 heavy (non-hydrogen) atoms. The average molecular weight is 1150 g/mol. The van der Waals surface area contributed by atoms with Crippen LogP contribution in [0.4, 0.5) is 0 Å². The molecule has 17 atom stereocenters. The van der Waals surface area contributed by atoms with Crippen molar-refractivity contribution in [3.63, 3.8) is 0 Å². The molecule has 1 saturated carbocycles. The van der Waals surface area contributed by atoms with Crippen molar-refractivity contribution in [3.05, 3.63) is 0 Å². The fourth-order valence-corrected chi connectivity index (χ4v) is 10.2. The molecule has 0 aromatic rings. The molecule has 3 fully saturated rings. The number of rotatable bonds is 40. The molecule has 24 nitrogen and oxygen atoms in total. The van der Waals surface area contributed by atoms with Gasteiger partial charge in [0.1, 0.15) is 92.1 Å². The highest BCUT2D eigenvalue weighted by Crippen LogP contribution is 2.43. The van der Waals surface area contributed by atoms with E-state index in [0.29, 0.717) is 12.8 Å². The van der Waals surface area contributed by atoms with Crippen molar-refractivity contribution < 1.29 is 118 Å². The van der Waals surface area contributed by atoms with E-state index in [9.17, 15) is 59.7 Å². The van der Waals surface area contributed by atoms with E-state index in [-0.39, 0.29) is 12.8 Å². The van der Waals surface area contributed by atoms with E-state index in [1.54, 1.807) is 0 Å². The molecule has 3 aliphatic rings. The van der Waals surface area contributed by atoms with Gasteiger partial charge in [0.15, 0.2) is 18.7 Å². The maximum absolute atomic E-state index is 13.1. The molecule has 2 saturated heterocycles. The Balaban J connectivity index is 0.00000152. The third-order valence-corrected chi connectivity index (χ3v) is 15.0. The highest BCUT2D eigenvalue weighted by atomic mass is 31.2. The number of carbonyl (C=O) groups is 2. The van der Waals surface area contributed by atoms with Gasteiger partial charge in [0.05, 0.1) is 19.8 Å². The first kappa shape index (κ1) is 72.5. The number of ether oxygens (including phenoxy) is 6. The molecular formula is C53H101O24P. The summed E-state index contributed by atoms with van der Waals surface area (Å²) in [7, 11) is -5.50. The molecule has 2 heterocycles. The van der Waals surface area contributed by atoms with Gasteiger partial charge in [-0.25, -0.2) is 4.57 Å². The van der Waals surface area contributed by atoms with Gasteiger partial charge < -0.3 is 99.5 Å². The lowest BCUT2D eigenvalue weighted by Gasteiger charge is -2.48. The molecule has 0 amide bonds. The Hall–Kier alpha value is -1.59. The van der Waals surface area contributed by atoms with Crippen LogP contribution in [0, 0.1) is 0 Å². The second-order valence-corrected chi connectivity index (χ2v) is 22.3. The SMILES string of the molecule is CCCCCCCCCCCCCCCC(=O)OC[C@@H](CO[C@H]1C(OP(=O)(O)O)[C@H](O[C@H]2O[C@H](CO)[C@@H](O)[C@H](O)[C@@H]2O)[C@H](O)C(O)[C@@H]1O)OC(=O)CCCCCCCCCCCCCCC.OC[C@H]1O[C@H](O)[C@@H](O)[C@@H](O)[C@@H]1O. The van der Waals surface area contributed by atoms with E-state index in [0.717, 1.165) is 51.4 Å². The second-order valence-electron chi connectivity index (χ2n) is 21.1. The molecule has 2 unspecified atom stereocenters. The van der Waals surface area contributed by atoms with E-state index < -0.39 is 150 Å². The molecule has 0 radical (unpaired) electrons.